The van der Waals surface area contributed by atoms with Gasteiger partial charge in [0.1, 0.15) is 5.41 Å². The van der Waals surface area contributed by atoms with Gasteiger partial charge in [0, 0.05) is 13.1 Å². The SMILES string of the molecule is CCCC1CCCN(C(=O)C2(C#N)CCCC2)CC1. The molecule has 2 fully saturated rings. The molecule has 0 aromatic carbocycles. The molecule has 0 aromatic heterocycles. The second-order valence-electron chi connectivity index (χ2n) is 6.28. The Hall–Kier alpha value is -1.04. The number of nitrogens with zero attached hydrogens (tertiary/aromatic N) is 2. The molecule has 2 rings (SSSR count). The van der Waals surface area contributed by atoms with Crippen molar-refractivity contribution in [2.45, 2.75) is 64.7 Å². The summed E-state index contributed by atoms with van der Waals surface area (Å²) in [7, 11) is 0. The fourth-order valence-corrected chi connectivity index (χ4v) is 3.72. The van der Waals surface area contributed by atoms with Crippen molar-refractivity contribution in [3.63, 3.8) is 0 Å². The van der Waals surface area contributed by atoms with Crippen molar-refractivity contribution in [2.24, 2.45) is 11.3 Å². The zero-order valence-corrected chi connectivity index (χ0v) is 12.2. The second kappa shape index (κ2) is 6.41. The summed E-state index contributed by atoms with van der Waals surface area (Å²) in [5.41, 5.74) is -0.676. The van der Waals surface area contributed by atoms with E-state index in [9.17, 15) is 10.1 Å². The van der Waals surface area contributed by atoms with Crippen LogP contribution in [-0.2, 0) is 4.79 Å². The maximum atomic E-state index is 12.7. The van der Waals surface area contributed by atoms with Crippen LogP contribution < -0.4 is 0 Å². The first-order valence-corrected chi connectivity index (χ1v) is 7.92. The Labute approximate surface area is 117 Å². The highest BCUT2D eigenvalue weighted by atomic mass is 16.2. The molecule has 0 aromatic rings. The van der Waals surface area contributed by atoms with E-state index in [0.717, 1.165) is 57.5 Å². The monoisotopic (exact) mass is 262 g/mol. The molecule has 0 bridgehead atoms. The highest BCUT2D eigenvalue weighted by Crippen LogP contribution is 2.39. The predicted octanol–water partition coefficient (Wildman–Crippen LogP) is 3.50. The first kappa shape index (κ1) is 14.4. The molecule has 1 atom stereocenters. The van der Waals surface area contributed by atoms with E-state index in [4.69, 9.17) is 0 Å². The van der Waals surface area contributed by atoms with Crippen LogP contribution in [-0.4, -0.2) is 23.9 Å². The van der Waals surface area contributed by atoms with Crippen LogP contribution >= 0.6 is 0 Å². The summed E-state index contributed by atoms with van der Waals surface area (Å²) in [4.78, 5) is 14.7. The molecule has 1 saturated heterocycles. The van der Waals surface area contributed by atoms with E-state index < -0.39 is 5.41 Å². The van der Waals surface area contributed by atoms with E-state index >= 15 is 0 Å². The van der Waals surface area contributed by atoms with Gasteiger partial charge < -0.3 is 4.90 Å². The van der Waals surface area contributed by atoms with Crippen LogP contribution in [0.1, 0.15) is 64.7 Å². The number of amides is 1. The molecule has 3 nitrogen and oxygen atoms in total. The third-order valence-electron chi connectivity index (χ3n) is 4.91. The van der Waals surface area contributed by atoms with Crippen molar-refractivity contribution in [2.75, 3.05) is 13.1 Å². The smallest absolute Gasteiger partial charge is 0.243 e. The van der Waals surface area contributed by atoms with E-state index in [2.05, 4.69) is 13.0 Å². The lowest BCUT2D eigenvalue weighted by molar-refractivity contribution is -0.138. The van der Waals surface area contributed by atoms with Gasteiger partial charge in [0.05, 0.1) is 6.07 Å². The molecule has 2 aliphatic rings. The predicted molar refractivity (Wildman–Crippen MR) is 75.3 cm³/mol. The lowest BCUT2D eigenvalue weighted by atomic mass is 9.86. The Morgan fingerprint density at radius 3 is 2.63 bits per heavy atom. The average Bonchev–Trinajstić information content (AvgIpc) is 2.80. The summed E-state index contributed by atoms with van der Waals surface area (Å²) >= 11 is 0. The third-order valence-corrected chi connectivity index (χ3v) is 4.91. The van der Waals surface area contributed by atoms with Crippen molar-refractivity contribution in [3.05, 3.63) is 0 Å². The van der Waals surface area contributed by atoms with Crippen LogP contribution in [0.25, 0.3) is 0 Å². The largest absolute Gasteiger partial charge is 0.341 e. The molecule has 0 spiro atoms. The molecule has 1 aliphatic carbocycles. The van der Waals surface area contributed by atoms with Crippen molar-refractivity contribution < 1.29 is 4.79 Å². The Balaban J connectivity index is 1.98. The number of rotatable bonds is 3. The van der Waals surface area contributed by atoms with E-state index in [0.29, 0.717) is 0 Å². The Morgan fingerprint density at radius 2 is 2.00 bits per heavy atom. The summed E-state index contributed by atoms with van der Waals surface area (Å²) in [6.45, 7) is 3.96. The maximum absolute atomic E-state index is 12.7. The second-order valence-corrected chi connectivity index (χ2v) is 6.28. The number of carbonyl (C=O) groups excluding carboxylic acids is 1. The maximum Gasteiger partial charge on any atom is 0.243 e. The van der Waals surface area contributed by atoms with Gasteiger partial charge in [0.15, 0.2) is 0 Å². The van der Waals surface area contributed by atoms with E-state index in [1.807, 2.05) is 4.90 Å². The molecule has 1 saturated carbocycles. The van der Waals surface area contributed by atoms with Crippen LogP contribution in [0.5, 0.6) is 0 Å². The number of hydrogen-bond acceptors (Lipinski definition) is 2. The summed E-state index contributed by atoms with van der Waals surface area (Å²) in [6, 6.07) is 2.34. The molecule has 106 valence electrons. The Morgan fingerprint density at radius 1 is 1.26 bits per heavy atom. The number of hydrogen-bond donors (Lipinski definition) is 0. The van der Waals surface area contributed by atoms with Crippen molar-refractivity contribution in [1.29, 1.82) is 5.26 Å². The summed E-state index contributed by atoms with van der Waals surface area (Å²) in [6.07, 6.45) is 9.62. The first-order chi connectivity index (χ1) is 9.22. The van der Waals surface area contributed by atoms with Gasteiger partial charge in [-0.3, -0.25) is 4.79 Å². The van der Waals surface area contributed by atoms with Gasteiger partial charge in [-0.2, -0.15) is 5.26 Å². The molecule has 3 heteroatoms. The van der Waals surface area contributed by atoms with Gasteiger partial charge >= 0.3 is 0 Å². The van der Waals surface area contributed by atoms with Crippen LogP contribution in [0.3, 0.4) is 0 Å². The number of carbonyl (C=O) groups is 1. The van der Waals surface area contributed by atoms with Crippen LogP contribution in [0.4, 0.5) is 0 Å². The topological polar surface area (TPSA) is 44.1 Å². The van der Waals surface area contributed by atoms with Crippen LogP contribution in [0, 0.1) is 22.7 Å². The third kappa shape index (κ3) is 3.11. The van der Waals surface area contributed by atoms with Gasteiger partial charge in [-0.15, -0.1) is 0 Å². The standard InChI is InChI=1S/C16H26N2O/c1-2-6-14-7-5-11-18(12-8-14)15(19)16(13-17)9-3-4-10-16/h14H,2-12H2,1H3. The Bertz CT molecular complexity index is 352. The minimum atomic E-state index is -0.676. The summed E-state index contributed by atoms with van der Waals surface area (Å²) in [5.74, 6) is 0.911. The fourth-order valence-electron chi connectivity index (χ4n) is 3.72. The van der Waals surface area contributed by atoms with Crippen molar-refractivity contribution >= 4 is 5.91 Å². The van der Waals surface area contributed by atoms with Gasteiger partial charge in [-0.05, 0) is 38.0 Å². The van der Waals surface area contributed by atoms with Gasteiger partial charge in [-0.25, -0.2) is 0 Å². The molecular formula is C16H26N2O. The number of nitriles is 1. The molecule has 1 aliphatic heterocycles. The zero-order chi connectivity index (χ0) is 13.7. The van der Waals surface area contributed by atoms with Crippen LogP contribution in [0.2, 0.25) is 0 Å². The average molecular weight is 262 g/mol. The lowest BCUT2D eigenvalue weighted by Gasteiger charge is -2.28. The molecule has 1 amide bonds. The van der Waals surface area contributed by atoms with Gasteiger partial charge in [0.2, 0.25) is 5.91 Å². The summed E-state index contributed by atoms with van der Waals surface area (Å²) in [5, 5.41) is 9.43. The molecule has 1 unspecified atom stereocenters. The first-order valence-electron chi connectivity index (χ1n) is 7.92. The van der Waals surface area contributed by atoms with Gasteiger partial charge in [0.25, 0.3) is 0 Å². The van der Waals surface area contributed by atoms with Crippen molar-refractivity contribution in [3.8, 4) is 6.07 Å². The van der Waals surface area contributed by atoms with E-state index in [-0.39, 0.29) is 5.91 Å². The highest BCUT2D eigenvalue weighted by Gasteiger charge is 2.44. The molecule has 1 heterocycles. The van der Waals surface area contributed by atoms with Crippen LogP contribution in [0.15, 0.2) is 0 Å². The quantitative estimate of drug-likeness (QED) is 0.781. The molecule has 0 N–H and O–H groups in total. The van der Waals surface area contributed by atoms with Crippen molar-refractivity contribution in [1.82, 2.24) is 4.90 Å². The fraction of sp³-hybridized carbons (Fsp3) is 0.875. The molecule has 0 radical (unpaired) electrons. The molecule has 19 heavy (non-hydrogen) atoms. The zero-order valence-electron chi connectivity index (χ0n) is 12.2. The van der Waals surface area contributed by atoms with Gasteiger partial charge in [-0.1, -0.05) is 32.6 Å². The minimum absolute atomic E-state index is 0.129. The molecular weight excluding hydrogens is 236 g/mol. The number of likely N-dealkylation sites (tertiary alicyclic amines) is 1. The summed E-state index contributed by atoms with van der Waals surface area (Å²) < 4.78 is 0. The lowest BCUT2D eigenvalue weighted by Crippen LogP contribution is -2.42. The normalized spacial score (nSPS) is 26.7. The van der Waals surface area contributed by atoms with E-state index in [1.165, 1.54) is 19.3 Å². The minimum Gasteiger partial charge on any atom is -0.341 e. The Kier molecular flexibility index (Phi) is 4.85. The highest BCUT2D eigenvalue weighted by molar-refractivity contribution is 5.85. The van der Waals surface area contributed by atoms with E-state index in [1.54, 1.807) is 0 Å².